The molecular weight excluding hydrogens is 811 g/mol. The summed E-state index contributed by atoms with van der Waals surface area (Å²) in [6.07, 6.45) is 0. The van der Waals surface area contributed by atoms with Crippen LogP contribution in [0, 0.1) is 0 Å². The molecule has 2 aliphatic heterocycles. The van der Waals surface area contributed by atoms with E-state index in [1.165, 1.54) is 78.0 Å². The summed E-state index contributed by atoms with van der Waals surface area (Å²) < 4.78 is 0. The molecule has 0 N–H and O–H groups in total. The third kappa shape index (κ3) is 6.64. The van der Waals surface area contributed by atoms with Crippen LogP contribution in [0.3, 0.4) is 0 Å². The zero-order chi connectivity index (χ0) is 45.3. The summed E-state index contributed by atoms with van der Waals surface area (Å²) in [5, 5.41) is 2.41. The molecule has 0 atom stereocenters. The lowest BCUT2D eigenvalue weighted by Gasteiger charge is -2.42. The Morgan fingerprint density at radius 3 is 1.10 bits per heavy atom. The van der Waals surface area contributed by atoms with E-state index in [0.29, 0.717) is 0 Å². The maximum Gasteiger partial charge on any atom is 0.0540 e. The first kappa shape index (κ1) is 40.4. The molecule has 3 heteroatoms. The Balaban J connectivity index is 0.903. The van der Waals surface area contributed by atoms with Crippen LogP contribution in [-0.2, 0) is 10.8 Å². The second-order valence-electron chi connectivity index (χ2n) is 19.0. The Bertz CT molecular complexity index is 3190. The molecular formula is C64H51N3. The van der Waals surface area contributed by atoms with Crippen molar-refractivity contribution in [2.75, 3.05) is 14.7 Å². The molecule has 0 aliphatic carbocycles. The van der Waals surface area contributed by atoms with E-state index in [1.54, 1.807) is 0 Å². The number of anilines is 9. The third-order valence-electron chi connectivity index (χ3n) is 14.4. The van der Waals surface area contributed by atoms with Crippen molar-refractivity contribution >= 4 is 62.0 Å². The Morgan fingerprint density at radius 1 is 0.313 bits per heavy atom. The molecule has 0 bridgehead atoms. The molecule has 322 valence electrons. The highest BCUT2D eigenvalue weighted by molar-refractivity contribution is 5.99. The SMILES string of the molecule is CC1(C)c2ccccc2N(c2cccc(-c3ccc(N(c4ccc(-c5cccc(N6c7ccccc7C(C)(C)c7ccccc76)c5)cc4)c4cccc5ccccc45)cc3)c2)c2ccccc21. The quantitative estimate of drug-likeness (QED) is 0.158. The number of rotatable bonds is 7. The highest BCUT2D eigenvalue weighted by atomic mass is 15.2. The van der Waals surface area contributed by atoms with E-state index in [2.05, 4.69) is 279 Å². The summed E-state index contributed by atoms with van der Waals surface area (Å²) in [7, 11) is 0. The van der Waals surface area contributed by atoms with Crippen LogP contribution in [0.25, 0.3) is 33.0 Å². The van der Waals surface area contributed by atoms with Crippen LogP contribution in [0.4, 0.5) is 51.2 Å². The molecule has 10 aromatic carbocycles. The van der Waals surface area contributed by atoms with E-state index >= 15 is 0 Å². The summed E-state index contributed by atoms with van der Waals surface area (Å²) in [5.74, 6) is 0. The van der Waals surface area contributed by atoms with Gasteiger partial charge in [-0.15, -0.1) is 0 Å². The number of hydrogen-bond acceptors (Lipinski definition) is 3. The van der Waals surface area contributed by atoms with Crippen LogP contribution >= 0.6 is 0 Å². The van der Waals surface area contributed by atoms with Crippen LogP contribution < -0.4 is 14.7 Å². The second-order valence-corrected chi connectivity index (χ2v) is 19.0. The number of hydrogen-bond donors (Lipinski definition) is 0. The number of nitrogens with zero attached hydrogens (tertiary/aromatic N) is 3. The van der Waals surface area contributed by atoms with Gasteiger partial charge < -0.3 is 14.7 Å². The van der Waals surface area contributed by atoms with Gasteiger partial charge in [-0.3, -0.25) is 0 Å². The van der Waals surface area contributed by atoms with Crippen molar-refractivity contribution in [1.29, 1.82) is 0 Å². The Morgan fingerprint density at radius 2 is 0.672 bits per heavy atom. The Labute approximate surface area is 394 Å². The van der Waals surface area contributed by atoms with Gasteiger partial charge in [0.05, 0.1) is 28.4 Å². The van der Waals surface area contributed by atoms with Crippen LogP contribution in [0.1, 0.15) is 49.9 Å². The van der Waals surface area contributed by atoms with Crippen LogP contribution in [0.5, 0.6) is 0 Å². The molecule has 0 saturated carbocycles. The van der Waals surface area contributed by atoms with Gasteiger partial charge in [0.2, 0.25) is 0 Å². The largest absolute Gasteiger partial charge is 0.310 e. The van der Waals surface area contributed by atoms with Gasteiger partial charge >= 0.3 is 0 Å². The molecule has 0 unspecified atom stereocenters. The average Bonchev–Trinajstić information content (AvgIpc) is 3.37. The van der Waals surface area contributed by atoms with E-state index in [1.807, 2.05) is 0 Å². The predicted octanol–water partition coefficient (Wildman–Crippen LogP) is 17.9. The monoisotopic (exact) mass is 861 g/mol. The van der Waals surface area contributed by atoms with Crippen molar-refractivity contribution in [2.24, 2.45) is 0 Å². The van der Waals surface area contributed by atoms with Gasteiger partial charge in [-0.1, -0.05) is 185 Å². The Hall–Kier alpha value is -8.14. The van der Waals surface area contributed by atoms with Crippen molar-refractivity contribution in [2.45, 2.75) is 38.5 Å². The van der Waals surface area contributed by atoms with E-state index in [4.69, 9.17) is 0 Å². The minimum atomic E-state index is -0.107. The van der Waals surface area contributed by atoms with Gasteiger partial charge in [0, 0.05) is 39.0 Å². The van der Waals surface area contributed by atoms with Crippen LogP contribution in [0.2, 0.25) is 0 Å². The van der Waals surface area contributed by atoms with Gasteiger partial charge in [-0.05, 0) is 129 Å². The van der Waals surface area contributed by atoms with Crippen molar-refractivity contribution in [1.82, 2.24) is 0 Å². The minimum absolute atomic E-state index is 0.107. The molecule has 67 heavy (non-hydrogen) atoms. The first-order valence-electron chi connectivity index (χ1n) is 23.4. The van der Waals surface area contributed by atoms with E-state index in [9.17, 15) is 0 Å². The zero-order valence-corrected chi connectivity index (χ0v) is 38.4. The summed E-state index contributed by atoms with van der Waals surface area (Å²) in [6.45, 7) is 9.35. The van der Waals surface area contributed by atoms with Gasteiger partial charge in [0.1, 0.15) is 0 Å². The minimum Gasteiger partial charge on any atom is -0.310 e. The van der Waals surface area contributed by atoms with Crippen molar-refractivity contribution in [3.63, 3.8) is 0 Å². The molecule has 0 radical (unpaired) electrons. The van der Waals surface area contributed by atoms with E-state index in [-0.39, 0.29) is 10.8 Å². The number of para-hydroxylation sites is 4. The van der Waals surface area contributed by atoms with Crippen LogP contribution in [-0.4, -0.2) is 0 Å². The zero-order valence-electron chi connectivity index (χ0n) is 38.4. The molecule has 0 aromatic heterocycles. The summed E-state index contributed by atoms with van der Waals surface area (Å²) >= 11 is 0. The van der Waals surface area contributed by atoms with E-state index < -0.39 is 0 Å². The molecule has 2 aliphatic rings. The fourth-order valence-corrected chi connectivity index (χ4v) is 11.0. The maximum absolute atomic E-state index is 2.43. The fourth-order valence-electron chi connectivity index (χ4n) is 11.0. The lowest BCUT2D eigenvalue weighted by Crippen LogP contribution is -2.30. The maximum atomic E-state index is 2.43. The normalized spacial score (nSPS) is 14.1. The van der Waals surface area contributed by atoms with Crippen molar-refractivity contribution in [3.8, 4) is 22.3 Å². The molecule has 3 nitrogen and oxygen atoms in total. The summed E-state index contributed by atoms with van der Waals surface area (Å²) in [5.41, 5.74) is 20.3. The van der Waals surface area contributed by atoms with Crippen LogP contribution in [0.15, 0.2) is 237 Å². The topological polar surface area (TPSA) is 9.72 Å². The number of fused-ring (bicyclic) bond motifs is 5. The molecule has 0 spiro atoms. The lowest BCUT2D eigenvalue weighted by molar-refractivity contribution is 0.632. The van der Waals surface area contributed by atoms with Crippen molar-refractivity contribution < 1.29 is 0 Å². The Kier molecular flexibility index (Phi) is 9.51. The highest BCUT2D eigenvalue weighted by Gasteiger charge is 2.38. The molecule has 0 saturated heterocycles. The number of benzene rings is 10. The second kappa shape index (κ2) is 15.8. The van der Waals surface area contributed by atoms with Gasteiger partial charge in [-0.25, -0.2) is 0 Å². The predicted molar refractivity (Wildman–Crippen MR) is 283 cm³/mol. The first-order chi connectivity index (χ1) is 32.8. The molecule has 2 heterocycles. The standard InChI is InChI=1S/C64H51N3/c1-63(2)54-25-7-11-29-59(54)66(60-30-12-8-26-55(60)63)51-22-15-20-47(42-51)44-34-38-49(39-35-44)65(58-33-17-19-46-18-5-6-24-53(46)58)50-40-36-45(37-41-50)48-21-16-23-52(43-48)67-61-31-13-9-27-56(61)64(3,4)57-28-10-14-32-62(57)67/h5-43H,1-4H3. The summed E-state index contributed by atoms with van der Waals surface area (Å²) in [6, 6.07) is 86.8. The molecule has 0 fully saturated rings. The molecule has 10 aromatic rings. The molecule has 12 rings (SSSR count). The fraction of sp³-hybridized carbons (Fsp3) is 0.0938. The first-order valence-corrected chi connectivity index (χ1v) is 23.4. The van der Waals surface area contributed by atoms with Crippen molar-refractivity contribution in [3.05, 3.63) is 259 Å². The van der Waals surface area contributed by atoms with Gasteiger partial charge in [0.15, 0.2) is 0 Å². The highest BCUT2D eigenvalue weighted by Crippen LogP contribution is 2.54. The third-order valence-corrected chi connectivity index (χ3v) is 14.4. The molecule has 0 amide bonds. The average molecular weight is 862 g/mol. The smallest absolute Gasteiger partial charge is 0.0540 e. The van der Waals surface area contributed by atoms with Gasteiger partial charge in [-0.2, -0.15) is 0 Å². The van der Waals surface area contributed by atoms with E-state index in [0.717, 1.165) is 28.4 Å². The lowest BCUT2D eigenvalue weighted by atomic mass is 9.73. The van der Waals surface area contributed by atoms with Gasteiger partial charge in [0.25, 0.3) is 0 Å². The summed E-state index contributed by atoms with van der Waals surface area (Å²) in [4.78, 5) is 7.26.